The maximum atomic E-state index is 6.10. The smallest absolute Gasteiger partial charge is 0.191 e. The van der Waals surface area contributed by atoms with Crippen molar-refractivity contribution in [1.82, 2.24) is 15.5 Å². The van der Waals surface area contributed by atoms with Crippen molar-refractivity contribution in [2.24, 2.45) is 16.8 Å². The van der Waals surface area contributed by atoms with Crippen molar-refractivity contribution < 1.29 is 4.74 Å². The first-order valence-corrected chi connectivity index (χ1v) is 11.2. The highest BCUT2D eigenvalue weighted by Crippen LogP contribution is 2.32. The third-order valence-electron chi connectivity index (χ3n) is 6.08. The lowest BCUT2D eigenvalue weighted by molar-refractivity contribution is 0.296. The van der Waals surface area contributed by atoms with Gasteiger partial charge in [-0.25, -0.2) is 4.99 Å². The van der Waals surface area contributed by atoms with E-state index in [1.54, 1.807) is 0 Å². The lowest BCUT2D eigenvalue weighted by Crippen LogP contribution is -2.40. The zero-order valence-corrected chi connectivity index (χ0v) is 17.5. The summed E-state index contributed by atoms with van der Waals surface area (Å²) in [5.74, 6) is 3.42. The number of ether oxygens (including phenoxy) is 1. The standard InChI is InChI=1S/C23H36N4O/c1-3-24-23(25-13-19-10-11-27(15-19)21-8-9-21)26-14-20-7-4-17(2)12-22(20)28-16-18-5-6-18/h4,7,12,18-19,21H,3,5-6,8-11,13-16H2,1-2H3,(H2,24,25,26). The predicted molar refractivity (Wildman–Crippen MR) is 115 cm³/mol. The summed E-state index contributed by atoms with van der Waals surface area (Å²) in [6.07, 6.45) is 6.75. The maximum Gasteiger partial charge on any atom is 0.191 e. The molecule has 1 aromatic carbocycles. The second-order valence-electron chi connectivity index (χ2n) is 8.82. The monoisotopic (exact) mass is 384 g/mol. The molecule has 1 heterocycles. The zero-order valence-electron chi connectivity index (χ0n) is 17.5. The summed E-state index contributed by atoms with van der Waals surface area (Å²) in [5.41, 5.74) is 2.41. The van der Waals surface area contributed by atoms with Crippen molar-refractivity contribution >= 4 is 5.96 Å². The molecule has 0 spiro atoms. The van der Waals surface area contributed by atoms with Gasteiger partial charge >= 0.3 is 0 Å². The number of aryl methyl sites for hydroxylation is 1. The van der Waals surface area contributed by atoms with E-state index in [9.17, 15) is 0 Å². The van der Waals surface area contributed by atoms with E-state index in [-0.39, 0.29) is 0 Å². The number of benzene rings is 1. The van der Waals surface area contributed by atoms with E-state index in [1.165, 1.54) is 56.3 Å². The highest BCUT2D eigenvalue weighted by atomic mass is 16.5. The van der Waals surface area contributed by atoms with Crippen LogP contribution in [0.15, 0.2) is 23.2 Å². The molecule has 154 valence electrons. The van der Waals surface area contributed by atoms with Crippen molar-refractivity contribution in [1.29, 1.82) is 0 Å². The SMILES string of the molecule is CCNC(=NCc1ccc(C)cc1OCC1CC1)NCC1CCN(C2CC2)C1. The highest BCUT2D eigenvalue weighted by molar-refractivity contribution is 5.79. The van der Waals surface area contributed by atoms with Gasteiger partial charge in [0.2, 0.25) is 0 Å². The van der Waals surface area contributed by atoms with E-state index >= 15 is 0 Å². The Morgan fingerprint density at radius 2 is 2.00 bits per heavy atom. The van der Waals surface area contributed by atoms with Crippen molar-refractivity contribution in [3.63, 3.8) is 0 Å². The van der Waals surface area contributed by atoms with Crippen LogP contribution in [0.2, 0.25) is 0 Å². The van der Waals surface area contributed by atoms with Gasteiger partial charge in [-0.2, -0.15) is 0 Å². The number of nitrogens with one attached hydrogen (secondary N) is 2. The Kier molecular flexibility index (Phi) is 6.40. The van der Waals surface area contributed by atoms with E-state index in [1.807, 2.05) is 0 Å². The number of likely N-dealkylation sites (tertiary alicyclic amines) is 1. The minimum atomic E-state index is 0.647. The molecular weight excluding hydrogens is 348 g/mol. The van der Waals surface area contributed by atoms with Crippen LogP contribution in [0.5, 0.6) is 5.75 Å². The van der Waals surface area contributed by atoms with Gasteiger partial charge in [-0.1, -0.05) is 12.1 Å². The van der Waals surface area contributed by atoms with Gasteiger partial charge < -0.3 is 20.3 Å². The minimum Gasteiger partial charge on any atom is -0.493 e. The summed E-state index contributed by atoms with van der Waals surface area (Å²) in [6, 6.07) is 7.36. The third-order valence-corrected chi connectivity index (χ3v) is 6.08. The van der Waals surface area contributed by atoms with E-state index in [0.29, 0.717) is 6.54 Å². The Hall–Kier alpha value is -1.75. The Labute approximate surface area is 169 Å². The number of hydrogen-bond donors (Lipinski definition) is 2. The topological polar surface area (TPSA) is 48.9 Å². The molecule has 1 atom stereocenters. The van der Waals surface area contributed by atoms with E-state index in [0.717, 1.165) is 49.3 Å². The van der Waals surface area contributed by atoms with Gasteiger partial charge in [-0.3, -0.25) is 0 Å². The van der Waals surface area contributed by atoms with Crippen LogP contribution in [0.4, 0.5) is 0 Å². The fraction of sp³-hybridized carbons (Fsp3) is 0.696. The number of aliphatic imine (C=N–C) groups is 1. The Bertz CT molecular complexity index is 681. The molecule has 0 radical (unpaired) electrons. The van der Waals surface area contributed by atoms with Crippen LogP contribution in [0.3, 0.4) is 0 Å². The number of nitrogens with zero attached hydrogens (tertiary/aromatic N) is 2. The van der Waals surface area contributed by atoms with E-state index < -0.39 is 0 Å². The molecule has 28 heavy (non-hydrogen) atoms. The number of rotatable bonds is 9. The van der Waals surface area contributed by atoms with Gasteiger partial charge in [0.15, 0.2) is 5.96 Å². The first-order valence-electron chi connectivity index (χ1n) is 11.2. The molecule has 2 aliphatic carbocycles. The van der Waals surface area contributed by atoms with Gasteiger partial charge in [0.25, 0.3) is 0 Å². The average molecular weight is 385 g/mol. The largest absolute Gasteiger partial charge is 0.493 e. The van der Waals surface area contributed by atoms with Gasteiger partial charge in [0.1, 0.15) is 5.75 Å². The lowest BCUT2D eigenvalue weighted by atomic mass is 10.1. The zero-order chi connectivity index (χ0) is 19.3. The molecule has 1 aliphatic heterocycles. The van der Waals surface area contributed by atoms with Gasteiger partial charge in [0, 0.05) is 31.2 Å². The van der Waals surface area contributed by atoms with Crippen LogP contribution in [-0.2, 0) is 6.54 Å². The molecule has 3 fully saturated rings. The molecule has 2 N–H and O–H groups in total. The molecule has 2 saturated carbocycles. The summed E-state index contributed by atoms with van der Waals surface area (Å²) < 4.78 is 6.10. The van der Waals surface area contributed by atoms with E-state index in [2.05, 4.69) is 47.6 Å². The van der Waals surface area contributed by atoms with E-state index in [4.69, 9.17) is 9.73 Å². The summed E-state index contributed by atoms with van der Waals surface area (Å²) >= 11 is 0. The molecule has 0 bridgehead atoms. The predicted octanol–water partition coefficient (Wildman–Crippen LogP) is 3.32. The van der Waals surface area contributed by atoms with Crippen LogP contribution in [0.1, 0.15) is 50.2 Å². The van der Waals surface area contributed by atoms with Gasteiger partial charge in [-0.15, -0.1) is 0 Å². The molecule has 1 unspecified atom stereocenters. The Morgan fingerprint density at radius 3 is 2.75 bits per heavy atom. The molecular formula is C23H36N4O. The fourth-order valence-corrected chi connectivity index (χ4v) is 3.97. The summed E-state index contributed by atoms with van der Waals surface area (Å²) in [4.78, 5) is 7.52. The molecule has 1 aromatic rings. The molecule has 1 saturated heterocycles. The van der Waals surface area contributed by atoms with Crippen molar-refractivity contribution in [2.75, 3.05) is 32.8 Å². The quantitative estimate of drug-likeness (QED) is 0.506. The van der Waals surface area contributed by atoms with Crippen molar-refractivity contribution in [3.8, 4) is 5.75 Å². The number of hydrogen-bond acceptors (Lipinski definition) is 3. The van der Waals surface area contributed by atoms with Gasteiger partial charge in [-0.05, 0) is 76.0 Å². The normalized spacial score (nSPS) is 23.1. The summed E-state index contributed by atoms with van der Waals surface area (Å²) in [7, 11) is 0. The van der Waals surface area contributed by atoms with Crippen LogP contribution in [-0.4, -0.2) is 49.7 Å². The Morgan fingerprint density at radius 1 is 1.14 bits per heavy atom. The second kappa shape index (κ2) is 9.17. The lowest BCUT2D eigenvalue weighted by Gasteiger charge is -2.17. The van der Waals surface area contributed by atoms with Crippen LogP contribution in [0, 0.1) is 18.8 Å². The third kappa shape index (κ3) is 5.63. The van der Waals surface area contributed by atoms with Crippen LogP contribution in [0.25, 0.3) is 0 Å². The molecule has 5 heteroatoms. The molecule has 5 nitrogen and oxygen atoms in total. The summed E-state index contributed by atoms with van der Waals surface area (Å²) in [6.45, 7) is 10.1. The van der Waals surface area contributed by atoms with Crippen molar-refractivity contribution in [3.05, 3.63) is 29.3 Å². The minimum absolute atomic E-state index is 0.647. The summed E-state index contributed by atoms with van der Waals surface area (Å²) in [5, 5.41) is 6.97. The second-order valence-corrected chi connectivity index (χ2v) is 8.82. The fourth-order valence-electron chi connectivity index (χ4n) is 3.97. The van der Waals surface area contributed by atoms with Crippen LogP contribution < -0.4 is 15.4 Å². The molecule has 4 rings (SSSR count). The molecule has 3 aliphatic rings. The van der Waals surface area contributed by atoms with Crippen LogP contribution >= 0.6 is 0 Å². The highest BCUT2D eigenvalue weighted by Gasteiger charge is 2.34. The average Bonchev–Trinajstić information content (AvgIpc) is 3.63. The molecule has 0 aromatic heterocycles. The Balaban J connectivity index is 1.32. The maximum absolute atomic E-state index is 6.10. The first-order chi connectivity index (χ1) is 13.7. The van der Waals surface area contributed by atoms with Crippen molar-refractivity contribution in [2.45, 2.75) is 58.5 Å². The first kappa shape index (κ1) is 19.6. The van der Waals surface area contributed by atoms with Gasteiger partial charge in [0.05, 0.1) is 13.2 Å². The molecule has 0 amide bonds. The number of guanidine groups is 1.